The maximum Gasteiger partial charge on any atom is 0.216 e. The minimum absolute atomic E-state index is 0.211. The third kappa shape index (κ3) is 4.75. The van der Waals surface area contributed by atoms with E-state index in [-0.39, 0.29) is 11.8 Å². The average molecular weight is 276 g/mol. The van der Waals surface area contributed by atoms with Crippen LogP contribution in [0.15, 0.2) is 24.3 Å². The SMILES string of the molecule is C#CCC(CC)NS(=O)(=O)Cc1ccccc1C#N. The van der Waals surface area contributed by atoms with E-state index in [0.717, 1.165) is 0 Å². The summed E-state index contributed by atoms with van der Waals surface area (Å²) in [7, 11) is -3.50. The average Bonchev–Trinajstić information content (AvgIpc) is 2.38. The van der Waals surface area contributed by atoms with Crippen LogP contribution in [0.4, 0.5) is 0 Å². The third-order valence-corrected chi connectivity index (χ3v) is 4.07. The second kappa shape index (κ2) is 6.94. The topological polar surface area (TPSA) is 70.0 Å². The first-order valence-corrected chi connectivity index (χ1v) is 7.59. The third-order valence-electron chi connectivity index (χ3n) is 2.69. The number of nitrogens with zero attached hydrogens (tertiary/aromatic N) is 1. The molecular formula is C14H16N2O2S. The normalized spacial score (nSPS) is 12.4. The fraction of sp³-hybridized carbons (Fsp3) is 0.357. The molecule has 1 atom stereocenters. The second-order valence-corrected chi connectivity index (χ2v) is 5.91. The molecule has 0 saturated carbocycles. The first-order chi connectivity index (χ1) is 9.02. The van der Waals surface area contributed by atoms with Gasteiger partial charge in [0.1, 0.15) is 0 Å². The van der Waals surface area contributed by atoms with E-state index in [0.29, 0.717) is 24.0 Å². The van der Waals surface area contributed by atoms with Crippen LogP contribution in [0.5, 0.6) is 0 Å². The van der Waals surface area contributed by atoms with Gasteiger partial charge in [0.2, 0.25) is 10.0 Å². The molecule has 0 bridgehead atoms. The highest BCUT2D eigenvalue weighted by Crippen LogP contribution is 2.12. The Morgan fingerprint density at radius 2 is 2.11 bits per heavy atom. The zero-order chi connectivity index (χ0) is 14.3. The zero-order valence-electron chi connectivity index (χ0n) is 10.8. The van der Waals surface area contributed by atoms with E-state index in [1.807, 2.05) is 13.0 Å². The van der Waals surface area contributed by atoms with Crippen molar-refractivity contribution in [1.82, 2.24) is 4.72 Å². The number of nitrogens with one attached hydrogen (secondary N) is 1. The van der Waals surface area contributed by atoms with Crippen molar-refractivity contribution in [3.05, 3.63) is 35.4 Å². The van der Waals surface area contributed by atoms with E-state index in [2.05, 4.69) is 10.6 Å². The Bertz CT molecular complexity index is 609. The smallest absolute Gasteiger partial charge is 0.212 e. The summed E-state index contributed by atoms with van der Waals surface area (Å²) < 4.78 is 26.6. The van der Waals surface area contributed by atoms with Crippen molar-refractivity contribution < 1.29 is 8.42 Å². The molecule has 4 nitrogen and oxygen atoms in total. The number of sulfonamides is 1. The molecule has 5 heteroatoms. The van der Waals surface area contributed by atoms with Gasteiger partial charge in [-0.25, -0.2) is 13.1 Å². The number of hydrogen-bond donors (Lipinski definition) is 1. The van der Waals surface area contributed by atoms with Gasteiger partial charge in [0.15, 0.2) is 0 Å². The summed E-state index contributed by atoms with van der Waals surface area (Å²) in [6.45, 7) is 1.87. The van der Waals surface area contributed by atoms with Gasteiger partial charge in [-0.3, -0.25) is 0 Å². The van der Waals surface area contributed by atoms with E-state index >= 15 is 0 Å². The van der Waals surface area contributed by atoms with E-state index in [9.17, 15) is 8.42 Å². The molecule has 0 amide bonds. The van der Waals surface area contributed by atoms with E-state index in [1.54, 1.807) is 24.3 Å². The van der Waals surface area contributed by atoms with Crippen LogP contribution in [0.3, 0.4) is 0 Å². The Hall–Kier alpha value is -1.82. The molecule has 0 heterocycles. The number of benzene rings is 1. The Kier molecular flexibility index (Phi) is 5.57. The fourth-order valence-corrected chi connectivity index (χ4v) is 3.17. The molecule has 1 aromatic carbocycles. The molecule has 0 aliphatic heterocycles. The van der Waals surface area contributed by atoms with E-state index < -0.39 is 10.0 Å². The molecule has 1 aromatic rings. The molecule has 1 unspecified atom stereocenters. The molecule has 1 rings (SSSR count). The number of terminal acetylenes is 1. The van der Waals surface area contributed by atoms with Crippen LogP contribution < -0.4 is 4.72 Å². The quantitative estimate of drug-likeness (QED) is 0.805. The van der Waals surface area contributed by atoms with Crippen molar-refractivity contribution in [3.63, 3.8) is 0 Å². The molecule has 0 aromatic heterocycles. The van der Waals surface area contributed by atoms with Gasteiger partial charge in [-0.15, -0.1) is 12.3 Å². The highest BCUT2D eigenvalue weighted by molar-refractivity contribution is 7.88. The molecule has 0 spiro atoms. The molecule has 19 heavy (non-hydrogen) atoms. The Labute approximate surface area is 114 Å². The lowest BCUT2D eigenvalue weighted by molar-refractivity contribution is 0.543. The van der Waals surface area contributed by atoms with Crippen LogP contribution in [0.25, 0.3) is 0 Å². The molecule has 0 aliphatic carbocycles. The summed E-state index contributed by atoms with van der Waals surface area (Å²) >= 11 is 0. The lowest BCUT2D eigenvalue weighted by atomic mass is 10.1. The standard InChI is InChI=1S/C14H16N2O2S/c1-3-7-14(4-2)16-19(17,18)11-13-9-6-5-8-12(13)10-15/h1,5-6,8-9,14,16H,4,7,11H2,2H3. The second-order valence-electron chi connectivity index (χ2n) is 4.16. The summed E-state index contributed by atoms with van der Waals surface area (Å²) in [5.74, 6) is 2.24. The molecular weight excluding hydrogens is 260 g/mol. The van der Waals surface area contributed by atoms with Crippen LogP contribution in [-0.2, 0) is 15.8 Å². The fourth-order valence-electron chi connectivity index (χ4n) is 1.67. The minimum Gasteiger partial charge on any atom is -0.212 e. The molecule has 0 aliphatic rings. The highest BCUT2D eigenvalue weighted by Gasteiger charge is 2.18. The van der Waals surface area contributed by atoms with Crippen molar-refractivity contribution >= 4 is 10.0 Å². The van der Waals surface area contributed by atoms with Crippen molar-refractivity contribution in [2.45, 2.75) is 31.6 Å². The van der Waals surface area contributed by atoms with Crippen LogP contribution in [-0.4, -0.2) is 14.5 Å². The first-order valence-electron chi connectivity index (χ1n) is 5.94. The minimum atomic E-state index is -3.50. The van der Waals surface area contributed by atoms with Crippen molar-refractivity contribution in [3.8, 4) is 18.4 Å². The maximum atomic E-state index is 12.0. The summed E-state index contributed by atoms with van der Waals surface area (Å²) in [5.41, 5.74) is 0.867. The van der Waals surface area contributed by atoms with Gasteiger partial charge in [-0.1, -0.05) is 25.1 Å². The van der Waals surface area contributed by atoms with Crippen LogP contribution in [0.1, 0.15) is 30.9 Å². The monoisotopic (exact) mass is 276 g/mol. The van der Waals surface area contributed by atoms with Crippen LogP contribution in [0.2, 0.25) is 0 Å². The van der Waals surface area contributed by atoms with Gasteiger partial charge in [-0.05, 0) is 18.1 Å². The summed E-state index contributed by atoms with van der Waals surface area (Å²) in [6.07, 6.45) is 6.18. The van der Waals surface area contributed by atoms with E-state index in [4.69, 9.17) is 11.7 Å². The summed E-state index contributed by atoms with van der Waals surface area (Å²) in [6, 6.07) is 8.38. The number of rotatable bonds is 6. The van der Waals surface area contributed by atoms with Gasteiger partial charge < -0.3 is 0 Å². The van der Waals surface area contributed by atoms with Gasteiger partial charge in [-0.2, -0.15) is 5.26 Å². The first kappa shape index (κ1) is 15.2. The molecule has 0 radical (unpaired) electrons. The molecule has 0 fully saturated rings. The lowest BCUT2D eigenvalue weighted by Gasteiger charge is -2.14. The molecule has 0 saturated heterocycles. The molecule has 1 N–H and O–H groups in total. The Morgan fingerprint density at radius 1 is 1.42 bits per heavy atom. The van der Waals surface area contributed by atoms with E-state index in [1.165, 1.54) is 0 Å². The van der Waals surface area contributed by atoms with Crippen molar-refractivity contribution in [2.24, 2.45) is 0 Å². The summed E-state index contributed by atoms with van der Waals surface area (Å²) in [4.78, 5) is 0. The van der Waals surface area contributed by atoms with Gasteiger partial charge in [0.05, 0.1) is 17.4 Å². The Balaban J connectivity index is 2.86. The number of hydrogen-bond acceptors (Lipinski definition) is 3. The van der Waals surface area contributed by atoms with Crippen LogP contribution >= 0.6 is 0 Å². The lowest BCUT2D eigenvalue weighted by Crippen LogP contribution is -2.35. The van der Waals surface area contributed by atoms with Gasteiger partial charge >= 0.3 is 0 Å². The highest BCUT2D eigenvalue weighted by atomic mass is 32.2. The van der Waals surface area contributed by atoms with Crippen LogP contribution in [0, 0.1) is 23.7 Å². The largest absolute Gasteiger partial charge is 0.216 e. The maximum absolute atomic E-state index is 12.0. The predicted octanol–water partition coefficient (Wildman–Crippen LogP) is 1.78. The molecule has 100 valence electrons. The van der Waals surface area contributed by atoms with Gasteiger partial charge in [0.25, 0.3) is 0 Å². The number of nitriles is 1. The summed E-state index contributed by atoms with van der Waals surface area (Å²) in [5, 5.41) is 8.94. The van der Waals surface area contributed by atoms with Gasteiger partial charge in [0, 0.05) is 12.5 Å². The van der Waals surface area contributed by atoms with Crippen molar-refractivity contribution in [1.29, 1.82) is 5.26 Å². The Morgan fingerprint density at radius 3 is 2.68 bits per heavy atom. The zero-order valence-corrected chi connectivity index (χ0v) is 11.6. The predicted molar refractivity (Wildman–Crippen MR) is 74.4 cm³/mol. The van der Waals surface area contributed by atoms with Crippen molar-refractivity contribution in [2.75, 3.05) is 0 Å².